The number of carbonyl (C=O) groups is 1. The molecule has 0 saturated heterocycles. The van der Waals surface area contributed by atoms with E-state index in [2.05, 4.69) is 23.9 Å². The van der Waals surface area contributed by atoms with Crippen molar-refractivity contribution in [1.82, 2.24) is 4.72 Å². The van der Waals surface area contributed by atoms with Crippen LogP contribution in [0.25, 0.3) is 0 Å². The maximum absolute atomic E-state index is 12.4. The third-order valence-electron chi connectivity index (χ3n) is 4.68. The molecule has 8 heteroatoms. The SMILES string of the molecule is CC(Oc1ccc(C(C)C)cc1)C(=O)Nc1ccc(S(=O)(=O)NCc2ccco2)cc1. The van der Waals surface area contributed by atoms with Crippen LogP contribution in [0.5, 0.6) is 5.75 Å². The standard InChI is InChI=1S/C23H26N2O5S/c1-16(2)18-6-10-20(11-7-18)30-17(3)23(26)25-19-8-12-22(13-9-19)31(27,28)24-15-21-5-4-14-29-21/h4-14,16-17,24H,15H2,1-3H3,(H,25,26). The lowest BCUT2D eigenvalue weighted by Crippen LogP contribution is -2.30. The Kier molecular flexibility index (Phi) is 7.14. The van der Waals surface area contributed by atoms with Gasteiger partial charge in [-0.1, -0.05) is 26.0 Å². The van der Waals surface area contributed by atoms with E-state index in [1.54, 1.807) is 19.1 Å². The number of benzene rings is 2. The second kappa shape index (κ2) is 9.80. The number of carbonyl (C=O) groups excluding carboxylic acids is 1. The molecular weight excluding hydrogens is 416 g/mol. The van der Waals surface area contributed by atoms with E-state index in [1.165, 1.54) is 36.1 Å². The Morgan fingerprint density at radius 3 is 2.26 bits per heavy atom. The van der Waals surface area contributed by atoms with Crippen LogP contribution < -0.4 is 14.8 Å². The number of anilines is 1. The number of amides is 1. The molecule has 0 saturated carbocycles. The van der Waals surface area contributed by atoms with Crippen LogP contribution in [0, 0.1) is 0 Å². The summed E-state index contributed by atoms with van der Waals surface area (Å²) in [5.74, 6) is 1.21. The lowest BCUT2D eigenvalue weighted by atomic mass is 10.0. The summed E-state index contributed by atoms with van der Waals surface area (Å²) in [7, 11) is -3.70. The molecule has 1 amide bonds. The first-order valence-electron chi connectivity index (χ1n) is 9.94. The number of nitrogens with one attached hydrogen (secondary N) is 2. The number of sulfonamides is 1. The zero-order valence-corrected chi connectivity index (χ0v) is 18.5. The second-order valence-electron chi connectivity index (χ2n) is 7.40. The van der Waals surface area contributed by atoms with Gasteiger partial charge in [-0.05, 0) is 66.9 Å². The van der Waals surface area contributed by atoms with Crippen LogP contribution >= 0.6 is 0 Å². The zero-order chi connectivity index (χ0) is 22.4. The van der Waals surface area contributed by atoms with Gasteiger partial charge < -0.3 is 14.5 Å². The van der Waals surface area contributed by atoms with Crippen molar-refractivity contribution in [3.8, 4) is 5.75 Å². The molecule has 1 aromatic heterocycles. The van der Waals surface area contributed by atoms with Gasteiger partial charge >= 0.3 is 0 Å². The van der Waals surface area contributed by atoms with Crippen molar-refractivity contribution in [3.63, 3.8) is 0 Å². The van der Waals surface area contributed by atoms with Crippen molar-refractivity contribution in [2.45, 2.75) is 44.2 Å². The van der Waals surface area contributed by atoms with Crippen LogP contribution in [-0.4, -0.2) is 20.4 Å². The lowest BCUT2D eigenvalue weighted by Gasteiger charge is -2.15. The van der Waals surface area contributed by atoms with Gasteiger partial charge in [0.25, 0.3) is 5.91 Å². The van der Waals surface area contributed by atoms with Crippen molar-refractivity contribution in [2.75, 3.05) is 5.32 Å². The van der Waals surface area contributed by atoms with Gasteiger partial charge in [0.15, 0.2) is 6.10 Å². The summed E-state index contributed by atoms with van der Waals surface area (Å²) in [5.41, 5.74) is 1.67. The minimum atomic E-state index is -3.70. The highest BCUT2D eigenvalue weighted by Gasteiger charge is 2.17. The van der Waals surface area contributed by atoms with Gasteiger partial charge in [0.2, 0.25) is 10.0 Å². The Labute approximate surface area is 182 Å². The van der Waals surface area contributed by atoms with Crippen LogP contribution in [0.2, 0.25) is 0 Å². The van der Waals surface area contributed by atoms with Crippen LogP contribution in [0.15, 0.2) is 76.2 Å². The Balaban J connectivity index is 1.56. The summed E-state index contributed by atoms with van der Waals surface area (Å²) in [6.07, 6.45) is 0.759. The summed E-state index contributed by atoms with van der Waals surface area (Å²) in [5, 5.41) is 2.73. The monoisotopic (exact) mass is 442 g/mol. The molecule has 0 fully saturated rings. The van der Waals surface area contributed by atoms with E-state index in [4.69, 9.17) is 9.15 Å². The van der Waals surface area contributed by atoms with Gasteiger partial charge in [-0.2, -0.15) is 0 Å². The molecule has 0 aliphatic heterocycles. The number of hydrogen-bond acceptors (Lipinski definition) is 5. The van der Waals surface area contributed by atoms with Gasteiger partial charge in [0.1, 0.15) is 11.5 Å². The second-order valence-corrected chi connectivity index (χ2v) is 9.17. The topological polar surface area (TPSA) is 97.6 Å². The van der Waals surface area contributed by atoms with Crippen molar-refractivity contribution in [2.24, 2.45) is 0 Å². The van der Waals surface area contributed by atoms with E-state index in [9.17, 15) is 13.2 Å². The highest BCUT2D eigenvalue weighted by molar-refractivity contribution is 7.89. The molecule has 1 atom stereocenters. The molecule has 1 heterocycles. The quantitative estimate of drug-likeness (QED) is 0.515. The van der Waals surface area contributed by atoms with E-state index in [0.29, 0.717) is 23.1 Å². The molecule has 1 unspecified atom stereocenters. The molecule has 7 nitrogen and oxygen atoms in total. The average molecular weight is 443 g/mol. The number of hydrogen-bond donors (Lipinski definition) is 2. The molecule has 0 radical (unpaired) electrons. The van der Waals surface area contributed by atoms with Crippen molar-refractivity contribution in [1.29, 1.82) is 0 Å². The summed E-state index contributed by atoms with van der Waals surface area (Å²) >= 11 is 0. The Morgan fingerprint density at radius 2 is 1.68 bits per heavy atom. The van der Waals surface area contributed by atoms with E-state index >= 15 is 0 Å². The van der Waals surface area contributed by atoms with Crippen LogP contribution in [0.3, 0.4) is 0 Å². The van der Waals surface area contributed by atoms with Gasteiger partial charge in [-0.25, -0.2) is 13.1 Å². The fourth-order valence-corrected chi connectivity index (χ4v) is 3.81. The minimum Gasteiger partial charge on any atom is -0.481 e. The predicted octanol–water partition coefficient (Wildman–Crippen LogP) is 4.29. The van der Waals surface area contributed by atoms with Gasteiger partial charge in [0.05, 0.1) is 17.7 Å². The van der Waals surface area contributed by atoms with E-state index in [0.717, 1.165) is 0 Å². The zero-order valence-electron chi connectivity index (χ0n) is 17.7. The van der Waals surface area contributed by atoms with Crippen LogP contribution in [0.4, 0.5) is 5.69 Å². The maximum Gasteiger partial charge on any atom is 0.265 e. The van der Waals surface area contributed by atoms with Gasteiger partial charge in [-0.3, -0.25) is 4.79 Å². The number of rotatable bonds is 9. The third kappa shape index (κ3) is 6.19. The van der Waals surface area contributed by atoms with E-state index in [1.807, 2.05) is 24.3 Å². The predicted molar refractivity (Wildman–Crippen MR) is 118 cm³/mol. The van der Waals surface area contributed by atoms with Crippen molar-refractivity contribution in [3.05, 3.63) is 78.3 Å². The fourth-order valence-electron chi connectivity index (χ4n) is 2.81. The molecule has 3 aromatic rings. The molecule has 0 aliphatic rings. The van der Waals surface area contributed by atoms with Gasteiger partial charge in [-0.15, -0.1) is 0 Å². The molecule has 0 aliphatic carbocycles. The summed E-state index contributed by atoms with van der Waals surface area (Å²) in [6.45, 7) is 5.93. The molecule has 2 aromatic carbocycles. The molecule has 2 N–H and O–H groups in total. The Morgan fingerprint density at radius 1 is 1.00 bits per heavy atom. The van der Waals surface area contributed by atoms with Crippen molar-refractivity contribution < 1.29 is 22.4 Å². The summed E-state index contributed by atoms with van der Waals surface area (Å²) in [4.78, 5) is 12.5. The smallest absolute Gasteiger partial charge is 0.265 e. The van der Waals surface area contributed by atoms with Gasteiger partial charge in [0, 0.05) is 5.69 Å². The van der Waals surface area contributed by atoms with Crippen molar-refractivity contribution >= 4 is 21.6 Å². The van der Waals surface area contributed by atoms with E-state index < -0.39 is 16.1 Å². The Hall–Kier alpha value is -3.10. The molecule has 0 bridgehead atoms. The first kappa shape index (κ1) is 22.6. The molecular formula is C23H26N2O5S. The Bertz CT molecular complexity index is 1090. The minimum absolute atomic E-state index is 0.0564. The molecule has 0 spiro atoms. The fraction of sp³-hybridized carbons (Fsp3) is 0.261. The third-order valence-corrected chi connectivity index (χ3v) is 6.09. The van der Waals surface area contributed by atoms with Crippen LogP contribution in [0.1, 0.15) is 38.0 Å². The summed E-state index contributed by atoms with van der Waals surface area (Å²) < 4.78 is 38.0. The van der Waals surface area contributed by atoms with E-state index in [-0.39, 0.29) is 17.3 Å². The molecule has 31 heavy (non-hydrogen) atoms. The average Bonchev–Trinajstić information content (AvgIpc) is 3.27. The summed E-state index contributed by atoms with van der Waals surface area (Å²) in [6, 6.07) is 16.9. The first-order chi connectivity index (χ1) is 14.7. The highest BCUT2D eigenvalue weighted by atomic mass is 32.2. The van der Waals surface area contributed by atoms with Crippen LogP contribution in [-0.2, 0) is 21.4 Å². The lowest BCUT2D eigenvalue weighted by molar-refractivity contribution is -0.122. The number of furan rings is 1. The highest BCUT2D eigenvalue weighted by Crippen LogP contribution is 2.20. The first-order valence-corrected chi connectivity index (χ1v) is 11.4. The number of ether oxygens (including phenoxy) is 1. The normalized spacial score (nSPS) is 12.5. The maximum atomic E-state index is 12.4. The molecule has 3 rings (SSSR count). The molecule has 164 valence electrons. The largest absolute Gasteiger partial charge is 0.481 e.